The summed E-state index contributed by atoms with van der Waals surface area (Å²) in [5, 5.41) is 0. The second-order valence-electron chi connectivity index (χ2n) is 11.8. The zero-order valence-electron chi connectivity index (χ0n) is 27.6. The fourth-order valence-electron chi connectivity index (χ4n) is 5.50. The molecule has 0 aliphatic carbocycles. The Balaban J connectivity index is 1.91. The number of hydrogen-bond donors (Lipinski definition) is 0. The molecule has 238 valence electrons. The number of rotatable bonds is 16. The summed E-state index contributed by atoms with van der Waals surface area (Å²) in [7, 11) is 0. The highest BCUT2D eigenvalue weighted by Gasteiger charge is 2.24. The van der Waals surface area contributed by atoms with Gasteiger partial charge in [0.25, 0.3) is 0 Å². The maximum absolute atomic E-state index is 14.6. The summed E-state index contributed by atoms with van der Waals surface area (Å²) in [5.74, 6) is 0.445. The average molecular weight is 643 g/mol. The molecule has 45 heavy (non-hydrogen) atoms. The van der Waals surface area contributed by atoms with E-state index in [9.17, 15) is 4.39 Å². The van der Waals surface area contributed by atoms with E-state index in [0.717, 1.165) is 53.4 Å². The number of hydrogen-bond acceptors (Lipinski definition) is 4. The SMILES string of the molecule is CCCc1cccc(CCC)c1N=C(CCn1cccc1)[C@@H](/C=C/C(C)(C)c1ccccc1)Oc1c(SC)cc(F)cc1SC. The van der Waals surface area contributed by atoms with E-state index in [1.165, 1.54) is 40.2 Å². The molecular weight excluding hydrogens is 596 g/mol. The van der Waals surface area contributed by atoms with Crippen LogP contribution in [-0.4, -0.2) is 28.9 Å². The van der Waals surface area contributed by atoms with E-state index >= 15 is 0 Å². The fourth-order valence-corrected chi connectivity index (χ4v) is 6.71. The molecule has 1 heterocycles. The van der Waals surface area contributed by atoms with E-state index in [0.29, 0.717) is 12.2 Å². The summed E-state index contributed by atoms with van der Waals surface area (Å²) in [5.41, 5.74) is 5.54. The van der Waals surface area contributed by atoms with Gasteiger partial charge in [-0.2, -0.15) is 0 Å². The number of aliphatic imine (C=N–C) groups is 1. The molecule has 0 aliphatic heterocycles. The number of halogens is 1. The van der Waals surface area contributed by atoms with Crippen molar-refractivity contribution in [1.29, 1.82) is 0 Å². The van der Waals surface area contributed by atoms with Crippen LogP contribution in [0.4, 0.5) is 10.1 Å². The fraction of sp³-hybridized carbons (Fsp3) is 0.359. The summed E-state index contributed by atoms with van der Waals surface area (Å²) in [6, 6.07) is 24.4. The second kappa shape index (κ2) is 16.9. The van der Waals surface area contributed by atoms with Gasteiger partial charge in [-0.1, -0.05) is 95.1 Å². The molecule has 1 aromatic heterocycles. The van der Waals surface area contributed by atoms with Crippen LogP contribution in [0.2, 0.25) is 0 Å². The van der Waals surface area contributed by atoms with Gasteiger partial charge in [-0.15, -0.1) is 23.5 Å². The van der Waals surface area contributed by atoms with Gasteiger partial charge in [0.1, 0.15) is 11.6 Å². The predicted molar refractivity (Wildman–Crippen MR) is 194 cm³/mol. The molecule has 3 nitrogen and oxygen atoms in total. The van der Waals surface area contributed by atoms with Gasteiger partial charge in [0.15, 0.2) is 6.10 Å². The number of thioether (sulfide) groups is 2. The van der Waals surface area contributed by atoms with Gasteiger partial charge in [0.2, 0.25) is 0 Å². The first-order valence-electron chi connectivity index (χ1n) is 15.9. The lowest BCUT2D eigenvalue weighted by Crippen LogP contribution is -2.28. The first-order chi connectivity index (χ1) is 21.8. The van der Waals surface area contributed by atoms with E-state index in [2.05, 4.69) is 111 Å². The number of aryl methyl sites for hydroxylation is 3. The van der Waals surface area contributed by atoms with Crippen molar-refractivity contribution < 1.29 is 9.13 Å². The molecule has 1 atom stereocenters. The van der Waals surface area contributed by atoms with Crippen molar-refractivity contribution in [1.82, 2.24) is 4.57 Å². The Hall–Kier alpha value is -3.22. The zero-order valence-corrected chi connectivity index (χ0v) is 29.2. The molecule has 0 unspecified atom stereocenters. The largest absolute Gasteiger partial charge is 0.478 e. The van der Waals surface area contributed by atoms with Crippen LogP contribution in [0.15, 0.2) is 112 Å². The molecule has 0 saturated heterocycles. The molecule has 0 saturated carbocycles. The first-order valence-corrected chi connectivity index (χ1v) is 18.4. The normalized spacial score (nSPS) is 13.0. The summed E-state index contributed by atoms with van der Waals surface area (Å²) < 4.78 is 23.8. The number of allylic oxidation sites excluding steroid dienone is 1. The molecule has 0 N–H and O–H groups in total. The molecule has 4 rings (SSSR count). The van der Waals surface area contributed by atoms with Crippen molar-refractivity contribution >= 4 is 34.9 Å². The molecule has 6 heteroatoms. The highest BCUT2D eigenvalue weighted by molar-refractivity contribution is 7.99. The topological polar surface area (TPSA) is 26.5 Å². The van der Waals surface area contributed by atoms with Crippen LogP contribution < -0.4 is 4.74 Å². The molecule has 3 aromatic carbocycles. The van der Waals surface area contributed by atoms with Gasteiger partial charge < -0.3 is 9.30 Å². The molecule has 0 spiro atoms. The number of ether oxygens (including phenoxy) is 1. The van der Waals surface area contributed by atoms with Crippen molar-refractivity contribution in [2.24, 2.45) is 4.99 Å². The molecule has 0 bridgehead atoms. The Morgan fingerprint density at radius 3 is 2.04 bits per heavy atom. The lowest BCUT2D eigenvalue weighted by molar-refractivity contribution is 0.292. The van der Waals surface area contributed by atoms with E-state index in [4.69, 9.17) is 9.73 Å². The molecule has 0 aliphatic rings. The van der Waals surface area contributed by atoms with Gasteiger partial charge in [0.05, 0.1) is 21.2 Å². The van der Waals surface area contributed by atoms with Crippen LogP contribution in [0, 0.1) is 5.82 Å². The van der Waals surface area contributed by atoms with Crippen molar-refractivity contribution in [2.75, 3.05) is 12.5 Å². The van der Waals surface area contributed by atoms with Crippen LogP contribution in [0.5, 0.6) is 5.75 Å². The first kappa shape index (κ1) is 34.6. The predicted octanol–water partition coefficient (Wildman–Crippen LogP) is 11.1. The Morgan fingerprint density at radius 2 is 1.49 bits per heavy atom. The Kier molecular flexibility index (Phi) is 13.0. The lowest BCUT2D eigenvalue weighted by atomic mass is 9.84. The third kappa shape index (κ3) is 9.40. The molecule has 4 aromatic rings. The minimum atomic E-state index is -0.463. The van der Waals surface area contributed by atoms with Gasteiger partial charge in [-0.05, 0) is 72.4 Å². The Morgan fingerprint density at radius 1 is 0.889 bits per heavy atom. The number of nitrogens with zero attached hydrogens (tertiary/aromatic N) is 2. The zero-order chi connectivity index (χ0) is 32.2. The van der Waals surface area contributed by atoms with E-state index in [1.54, 1.807) is 12.1 Å². The highest BCUT2D eigenvalue weighted by Crippen LogP contribution is 2.39. The quantitative estimate of drug-likeness (QED) is 0.0691. The minimum Gasteiger partial charge on any atom is -0.478 e. The van der Waals surface area contributed by atoms with E-state index in [-0.39, 0.29) is 11.2 Å². The maximum atomic E-state index is 14.6. The number of para-hydroxylation sites is 1. The van der Waals surface area contributed by atoms with Crippen LogP contribution in [0.25, 0.3) is 0 Å². The molecule has 0 fully saturated rings. The summed E-state index contributed by atoms with van der Waals surface area (Å²) in [4.78, 5) is 7.09. The summed E-state index contributed by atoms with van der Waals surface area (Å²) in [6.45, 7) is 9.65. The monoisotopic (exact) mass is 642 g/mol. The summed E-state index contributed by atoms with van der Waals surface area (Å²) >= 11 is 3.00. The van der Waals surface area contributed by atoms with Crippen molar-refractivity contribution in [2.45, 2.75) is 87.7 Å². The number of aromatic nitrogens is 1. The molecule has 0 radical (unpaired) electrons. The minimum absolute atomic E-state index is 0.241. The smallest absolute Gasteiger partial charge is 0.155 e. The third-order valence-electron chi connectivity index (χ3n) is 7.99. The van der Waals surface area contributed by atoms with Crippen molar-refractivity contribution in [3.05, 3.63) is 120 Å². The van der Waals surface area contributed by atoms with Crippen LogP contribution in [0.3, 0.4) is 0 Å². The van der Waals surface area contributed by atoms with E-state index < -0.39 is 6.10 Å². The van der Waals surface area contributed by atoms with Gasteiger partial charge >= 0.3 is 0 Å². The third-order valence-corrected chi connectivity index (χ3v) is 9.48. The summed E-state index contributed by atoms with van der Waals surface area (Å²) in [6.07, 6.45) is 16.8. The van der Waals surface area contributed by atoms with Gasteiger partial charge in [-0.3, -0.25) is 4.99 Å². The molecule has 0 amide bonds. The highest BCUT2D eigenvalue weighted by atomic mass is 32.2. The number of benzene rings is 3. The standard InChI is InChI=1S/C39H47FN2OS2/c1-7-15-29-17-14-18-30(16-8-2)37(29)41-33(22-26-42-24-12-13-25-42)34(21-23-39(3,4)31-19-10-9-11-20-31)43-38-35(44-5)27-32(40)28-36(38)45-6/h9-14,17-21,23-25,27-28,34H,7-8,15-16,22,26H2,1-6H3/b23-21+,41-33?/t34-/m1/s1. The van der Waals surface area contributed by atoms with Crippen molar-refractivity contribution in [3.8, 4) is 5.75 Å². The van der Waals surface area contributed by atoms with Crippen LogP contribution in [-0.2, 0) is 24.8 Å². The maximum Gasteiger partial charge on any atom is 0.155 e. The van der Waals surface area contributed by atoms with Gasteiger partial charge in [0, 0.05) is 30.8 Å². The Bertz CT molecular complexity index is 1510. The van der Waals surface area contributed by atoms with Gasteiger partial charge in [-0.25, -0.2) is 4.39 Å². The second-order valence-corrected chi connectivity index (χ2v) is 13.5. The Labute approximate surface area is 278 Å². The molecular formula is C39H47FN2OS2. The average Bonchev–Trinajstić information content (AvgIpc) is 3.57. The van der Waals surface area contributed by atoms with Crippen LogP contribution >= 0.6 is 23.5 Å². The lowest BCUT2D eigenvalue weighted by Gasteiger charge is -2.25. The van der Waals surface area contributed by atoms with E-state index in [1.807, 2.05) is 18.6 Å². The van der Waals surface area contributed by atoms with Crippen molar-refractivity contribution in [3.63, 3.8) is 0 Å². The van der Waals surface area contributed by atoms with Crippen LogP contribution in [0.1, 0.15) is 63.6 Å².